The van der Waals surface area contributed by atoms with Crippen LogP contribution in [0.5, 0.6) is 0 Å². The summed E-state index contributed by atoms with van der Waals surface area (Å²) in [5, 5.41) is 24.7. The third kappa shape index (κ3) is 14.2. The van der Waals surface area contributed by atoms with Gasteiger partial charge < -0.3 is 41.7 Å². The molecule has 18 heteroatoms. The Kier molecular flexibility index (Phi) is 20.2. The minimum atomic E-state index is -0.924. The molecule has 1 aromatic heterocycles. The van der Waals surface area contributed by atoms with Crippen LogP contribution in [0.2, 0.25) is 0 Å². The number of hydrogen-bond acceptors (Lipinski definition) is 11. The first-order valence-electron chi connectivity index (χ1n) is 25.2. The molecule has 2 fully saturated rings. The third-order valence-electron chi connectivity index (χ3n) is 14.6. The highest BCUT2D eigenvalue weighted by molar-refractivity contribution is 6.00. The van der Waals surface area contributed by atoms with Gasteiger partial charge in [0.15, 0.2) is 11.6 Å². The van der Waals surface area contributed by atoms with Crippen molar-refractivity contribution in [1.29, 1.82) is 0 Å². The second-order valence-corrected chi connectivity index (χ2v) is 19.7. The molecular weight excluding hydrogens is 905 g/mol. The van der Waals surface area contributed by atoms with E-state index in [1.807, 2.05) is 102 Å². The van der Waals surface area contributed by atoms with Crippen molar-refractivity contribution in [2.75, 3.05) is 27.2 Å². The Morgan fingerprint density at radius 3 is 1.37 bits per heavy atom. The van der Waals surface area contributed by atoms with Crippen molar-refractivity contribution >= 4 is 47.0 Å². The summed E-state index contributed by atoms with van der Waals surface area (Å²) in [4.78, 5) is 114. The summed E-state index contributed by atoms with van der Waals surface area (Å²) in [5.41, 5.74) is 1.86. The number of carbonyl (C=O) groups excluding carboxylic acids is 8. The fraction of sp³-hybridized carbons (Fsp3) is 0.566. The van der Waals surface area contributed by atoms with E-state index in [1.165, 1.54) is 15.9 Å². The number of Topliss-reactive ketones (excluding diaryl/α,β-unsaturated/α-hetero) is 2. The molecule has 0 spiro atoms. The Bertz CT molecular complexity index is 2170. The Balaban J connectivity index is 1.32. The quantitative estimate of drug-likeness (QED) is 0.0633. The van der Waals surface area contributed by atoms with Crippen LogP contribution in [0.25, 0.3) is 0 Å². The van der Waals surface area contributed by atoms with Crippen LogP contribution < -0.4 is 31.9 Å². The smallest absolute Gasteiger partial charge is 0.246 e. The number of ketones is 2. The molecule has 3 heterocycles. The lowest BCUT2D eigenvalue weighted by molar-refractivity contribution is -0.143. The van der Waals surface area contributed by atoms with Crippen LogP contribution in [-0.4, -0.2) is 130 Å². The van der Waals surface area contributed by atoms with Crippen molar-refractivity contribution < 1.29 is 38.4 Å². The molecule has 12 atom stereocenters. The molecule has 71 heavy (non-hydrogen) atoms. The second-order valence-electron chi connectivity index (χ2n) is 19.7. The first kappa shape index (κ1) is 55.7. The van der Waals surface area contributed by atoms with Crippen molar-refractivity contribution in [1.82, 2.24) is 51.9 Å². The molecule has 6 amide bonds. The summed E-state index contributed by atoms with van der Waals surface area (Å²) in [6.45, 7) is 14.8. The average Bonchev–Trinajstić information content (AvgIpc) is 4.16. The SMILES string of the molecule is CC[C@@H](C)[C@H](NC(=O)[C@H](C)NC)C(=O)N1C[C@@H](CC(=O)c2cc(C(=O)C[C@H]3C[C@@H](C(=O)N[C@H](C)c4ccccc4)N(C(=O)[C@@H](NC(=O)[C@H](C)NC)[C@H](C)CC)C3)[nH]n2)C[C@H]1C(=O)N[C@H](C)c1ccccc1. The van der Waals surface area contributed by atoms with Gasteiger partial charge in [-0.1, -0.05) is 101 Å². The van der Waals surface area contributed by atoms with E-state index in [4.69, 9.17) is 0 Å². The molecule has 0 unspecified atom stereocenters. The zero-order valence-electron chi connectivity index (χ0n) is 43.0. The van der Waals surface area contributed by atoms with Gasteiger partial charge in [-0.25, -0.2) is 0 Å². The molecular formula is C53H76N10O8. The van der Waals surface area contributed by atoms with Crippen LogP contribution in [0.15, 0.2) is 66.7 Å². The number of nitrogens with one attached hydrogen (secondary N) is 7. The van der Waals surface area contributed by atoms with E-state index in [2.05, 4.69) is 42.1 Å². The lowest BCUT2D eigenvalue weighted by Crippen LogP contribution is -2.57. The topological polar surface area (TPSA) is 244 Å². The third-order valence-corrected chi connectivity index (χ3v) is 14.6. The predicted molar refractivity (Wildman–Crippen MR) is 270 cm³/mol. The molecule has 18 nitrogen and oxygen atoms in total. The van der Waals surface area contributed by atoms with Gasteiger partial charge in [0.1, 0.15) is 35.6 Å². The van der Waals surface area contributed by atoms with Crippen molar-refractivity contribution in [3.63, 3.8) is 0 Å². The Morgan fingerprint density at radius 2 is 0.986 bits per heavy atom. The monoisotopic (exact) mass is 981 g/mol. The van der Waals surface area contributed by atoms with E-state index >= 15 is 0 Å². The van der Waals surface area contributed by atoms with Gasteiger partial charge >= 0.3 is 0 Å². The van der Waals surface area contributed by atoms with Crippen LogP contribution in [0.4, 0.5) is 0 Å². The van der Waals surface area contributed by atoms with E-state index in [1.54, 1.807) is 27.9 Å². The summed E-state index contributed by atoms with van der Waals surface area (Å²) >= 11 is 0. The number of likely N-dealkylation sites (tertiary alicyclic amines) is 2. The number of benzene rings is 2. The van der Waals surface area contributed by atoms with Gasteiger partial charge in [-0.2, -0.15) is 5.10 Å². The van der Waals surface area contributed by atoms with E-state index in [9.17, 15) is 38.4 Å². The van der Waals surface area contributed by atoms with E-state index < -0.39 is 65.7 Å². The van der Waals surface area contributed by atoms with Crippen LogP contribution in [0, 0.1) is 23.7 Å². The van der Waals surface area contributed by atoms with E-state index in [-0.39, 0.29) is 103 Å². The maximum Gasteiger partial charge on any atom is 0.246 e. The molecule has 2 aromatic carbocycles. The fourth-order valence-corrected chi connectivity index (χ4v) is 9.28. The largest absolute Gasteiger partial charge is 0.348 e. The highest BCUT2D eigenvalue weighted by atomic mass is 16.2. The highest BCUT2D eigenvalue weighted by Crippen LogP contribution is 2.32. The molecule has 5 rings (SSSR count). The number of aromatic nitrogens is 2. The first-order chi connectivity index (χ1) is 33.8. The van der Waals surface area contributed by atoms with Gasteiger partial charge in [0.05, 0.1) is 24.2 Å². The van der Waals surface area contributed by atoms with Crippen molar-refractivity contribution in [2.45, 2.75) is 142 Å². The van der Waals surface area contributed by atoms with Crippen LogP contribution in [0.3, 0.4) is 0 Å². The van der Waals surface area contributed by atoms with Crippen LogP contribution in [0.1, 0.15) is 138 Å². The molecule has 3 aromatic rings. The van der Waals surface area contributed by atoms with Gasteiger partial charge in [-0.3, -0.25) is 43.5 Å². The van der Waals surface area contributed by atoms with Crippen molar-refractivity contribution in [3.05, 3.63) is 89.2 Å². The summed E-state index contributed by atoms with van der Waals surface area (Å²) in [5.74, 6) is -4.45. The number of rotatable bonds is 24. The van der Waals surface area contributed by atoms with Gasteiger partial charge in [-0.05, 0) is 95.5 Å². The summed E-state index contributed by atoms with van der Waals surface area (Å²) in [6, 6.07) is 14.7. The number of amides is 6. The Labute approximate surface area is 418 Å². The van der Waals surface area contributed by atoms with Gasteiger partial charge in [-0.15, -0.1) is 0 Å². The Morgan fingerprint density at radius 1 is 0.592 bits per heavy atom. The maximum absolute atomic E-state index is 14.5. The molecule has 2 aliphatic heterocycles. The maximum atomic E-state index is 14.5. The fourth-order valence-electron chi connectivity index (χ4n) is 9.28. The summed E-state index contributed by atoms with van der Waals surface area (Å²) in [6.07, 6.45) is 1.40. The summed E-state index contributed by atoms with van der Waals surface area (Å²) in [7, 11) is 3.30. The van der Waals surface area contributed by atoms with E-state index in [0.717, 1.165) is 11.1 Å². The zero-order chi connectivity index (χ0) is 52.1. The van der Waals surface area contributed by atoms with Gasteiger partial charge in [0.2, 0.25) is 35.4 Å². The molecule has 0 saturated carbocycles. The molecule has 0 bridgehead atoms. The molecule has 2 aliphatic rings. The lowest BCUT2D eigenvalue weighted by Gasteiger charge is -2.32. The standard InChI is InChI=1S/C53H76N10O8/c1-11-30(3)46(58-48(66)34(7)54-9)52(70)62-28-36(23-42(62)50(68)56-32(5)38-19-15-13-16-20-38)25-44(64)40-27-41(61-60-40)45(65)26-37-24-43(51(69)57-33(6)39-21-17-14-18-22-39)63(29-37)53(71)47(31(4)12-2)59-49(67)35(8)55-10/h13-22,27,30-37,42-43,46-47,54-55H,11-12,23-26,28-29H2,1-10H3,(H,56,68)(H,57,69)(H,58,66)(H,59,67)(H,60,61)/t30-,31-,32-,33-,34+,35+,36-,37-,42+,43+,46+,47+/m1/s1. The van der Waals surface area contributed by atoms with Gasteiger partial charge in [0.25, 0.3) is 0 Å². The van der Waals surface area contributed by atoms with Gasteiger partial charge in [0, 0.05) is 25.9 Å². The number of H-pyrrole nitrogens is 1. The predicted octanol–water partition coefficient (Wildman–Crippen LogP) is 4.02. The molecule has 2 saturated heterocycles. The molecule has 0 aliphatic carbocycles. The first-order valence-corrected chi connectivity index (χ1v) is 25.2. The molecule has 386 valence electrons. The average molecular weight is 981 g/mol. The van der Waals surface area contributed by atoms with Crippen molar-refractivity contribution in [3.8, 4) is 0 Å². The normalized spacial score (nSPS) is 21.2. The number of nitrogens with zero attached hydrogens (tertiary/aromatic N) is 3. The Hall–Kier alpha value is -6.27. The molecule has 0 radical (unpaired) electrons. The molecule has 7 N–H and O–H groups in total. The van der Waals surface area contributed by atoms with Crippen molar-refractivity contribution in [2.24, 2.45) is 23.7 Å². The summed E-state index contributed by atoms with van der Waals surface area (Å²) < 4.78 is 0. The highest BCUT2D eigenvalue weighted by Gasteiger charge is 2.46. The van der Waals surface area contributed by atoms with Crippen LogP contribution in [-0.2, 0) is 28.8 Å². The minimum Gasteiger partial charge on any atom is -0.348 e. The zero-order valence-corrected chi connectivity index (χ0v) is 43.0. The minimum absolute atomic E-state index is 0.0148. The van der Waals surface area contributed by atoms with Crippen LogP contribution >= 0.6 is 0 Å². The van der Waals surface area contributed by atoms with E-state index in [0.29, 0.717) is 12.8 Å². The number of likely N-dealkylation sites (N-methyl/N-ethyl adjacent to an activating group) is 2. The lowest BCUT2D eigenvalue weighted by atomic mass is 9.96. The number of hydrogen-bond donors (Lipinski definition) is 7. The number of carbonyl (C=O) groups is 8. The second kappa shape index (κ2) is 25.7. The number of aromatic amines is 1.